The molecular formula is C6H10HgO4. The molecule has 0 amide bonds. The number of carboxylic acid groups (broad SMARTS) is 1. The molecule has 0 atom stereocenters. The Morgan fingerprint density at radius 2 is 1.82 bits per heavy atom. The van der Waals surface area contributed by atoms with Crippen molar-refractivity contribution in [3.63, 3.8) is 0 Å². The second-order valence-corrected chi connectivity index (χ2v) is 4.43. The van der Waals surface area contributed by atoms with Crippen LogP contribution in [0.4, 0.5) is 0 Å². The summed E-state index contributed by atoms with van der Waals surface area (Å²) in [4.78, 5) is 18.9. The molecule has 0 aliphatic carbocycles. The molecule has 0 spiro atoms. The molecule has 0 aliphatic heterocycles. The summed E-state index contributed by atoms with van der Waals surface area (Å²) in [5, 5.41) is 8.89. The Morgan fingerprint density at radius 3 is 1.91 bits per heavy atom. The maximum absolute atomic E-state index is 10.0. The van der Waals surface area contributed by atoms with E-state index in [1.807, 2.05) is 0 Å². The Kier molecular flexibility index (Phi) is 12.1. The van der Waals surface area contributed by atoms with Crippen molar-refractivity contribution in [2.45, 2.75) is 17.8 Å². The van der Waals surface area contributed by atoms with Gasteiger partial charge in [0.2, 0.25) is 0 Å². The van der Waals surface area contributed by atoms with Crippen molar-refractivity contribution in [2.75, 3.05) is 6.61 Å². The van der Waals surface area contributed by atoms with Gasteiger partial charge in [0.15, 0.2) is 0 Å². The zero-order valence-corrected chi connectivity index (χ0v) is 12.3. The van der Waals surface area contributed by atoms with Gasteiger partial charge in [0.1, 0.15) is 0 Å². The first kappa shape index (κ1) is 13.5. The van der Waals surface area contributed by atoms with Crippen LogP contribution in [0, 0.1) is 0 Å². The Morgan fingerprint density at radius 1 is 1.45 bits per heavy atom. The molecule has 0 bridgehead atoms. The Labute approximate surface area is 81.9 Å². The molecule has 0 saturated carbocycles. The van der Waals surface area contributed by atoms with E-state index in [0.29, 0.717) is 6.61 Å². The molecule has 0 radical (unpaired) electrons. The normalized spacial score (nSPS) is 7.64. The third-order valence-corrected chi connectivity index (χ3v) is 1.57. The van der Waals surface area contributed by atoms with Gasteiger partial charge in [0.25, 0.3) is 0 Å². The average molecular weight is 347 g/mol. The fourth-order valence-electron chi connectivity index (χ4n) is 0.216. The van der Waals surface area contributed by atoms with Crippen molar-refractivity contribution in [1.29, 1.82) is 0 Å². The molecule has 0 aliphatic rings. The molecule has 11 heavy (non-hydrogen) atoms. The summed E-state index contributed by atoms with van der Waals surface area (Å²) in [7, 11) is 0. The van der Waals surface area contributed by atoms with Crippen LogP contribution in [0.3, 0.4) is 0 Å². The minimum Gasteiger partial charge on any atom is -0.550 e. The molecule has 0 unspecified atom stereocenters. The van der Waals surface area contributed by atoms with Crippen molar-refractivity contribution in [3.8, 4) is 0 Å². The number of carbonyl (C=O) groups excluding carboxylic acids is 2. The maximum Gasteiger partial charge on any atom is 0.0383 e. The van der Waals surface area contributed by atoms with Crippen LogP contribution in [0.15, 0.2) is 0 Å². The van der Waals surface area contributed by atoms with Gasteiger partial charge >= 0.3 is 59.1 Å². The molecule has 0 N–H and O–H groups in total. The molecular weight excluding hydrogens is 337 g/mol. The Bertz CT molecular complexity index is 120. The van der Waals surface area contributed by atoms with E-state index in [4.69, 9.17) is 9.90 Å². The number of carbonyl (C=O) groups is 2. The number of ether oxygens (including phenoxy) is 1. The predicted molar refractivity (Wildman–Crippen MR) is 32.1 cm³/mol. The molecule has 0 saturated heterocycles. The fraction of sp³-hybridized carbons (Fsp3) is 0.667. The quantitative estimate of drug-likeness (QED) is 0.488. The largest absolute Gasteiger partial charge is 0.550 e. The molecule has 0 aromatic rings. The minimum atomic E-state index is -1.08. The van der Waals surface area contributed by atoms with Gasteiger partial charge in [-0.05, 0) is 6.92 Å². The molecule has 60 valence electrons. The zero-order valence-electron chi connectivity index (χ0n) is 6.75. The number of hydrogen-bond donors (Lipinski definition) is 0. The summed E-state index contributed by atoms with van der Waals surface area (Å²) in [5.74, 6) is -1.24. The summed E-state index contributed by atoms with van der Waals surface area (Å²) in [6.45, 7) is 3.04. The third-order valence-electron chi connectivity index (χ3n) is 0.450. The summed E-state index contributed by atoms with van der Waals surface area (Å²) in [5.41, 5.74) is 0. The number of hydrogen-bond acceptors (Lipinski definition) is 4. The van der Waals surface area contributed by atoms with Gasteiger partial charge in [0.05, 0.1) is 0 Å². The first-order valence-corrected chi connectivity index (χ1v) is 6.99. The van der Waals surface area contributed by atoms with Gasteiger partial charge in [-0.2, -0.15) is 0 Å². The molecule has 0 aromatic heterocycles. The smallest absolute Gasteiger partial charge is 0.0383 e. The maximum atomic E-state index is 10.0. The van der Waals surface area contributed by atoms with Gasteiger partial charge in [-0.1, -0.05) is 0 Å². The SMILES string of the molecule is CC(=O)OC[CH2][Hg+].CC(=O)[O-]. The van der Waals surface area contributed by atoms with Crippen LogP contribution >= 0.6 is 0 Å². The van der Waals surface area contributed by atoms with Crippen LogP contribution in [0.2, 0.25) is 3.93 Å². The molecule has 4 nitrogen and oxygen atoms in total. The standard InChI is InChI=1S/C4H7O2.C2H4O2.Hg/c1-3-6-4(2)5;1-2(3)4;/h1,3H2,2H3;1H3,(H,3,4);/q;;+1/p-1. The van der Waals surface area contributed by atoms with E-state index in [0.717, 1.165) is 37.0 Å². The summed E-state index contributed by atoms with van der Waals surface area (Å²) in [6, 6.07) is 0. The van der Waals surface area contributed by atoms with Crippen molar-refractivity contribution in [1.82, 2.24) is 0 Å². The minimum absolute atomic E-state index is 0.162. The number of carboxylic acids is 1. The van der Waals surface area contributed by atoms with Gasteiger partial charge < -0.3 is 9.90 Å². The topological polar surface area (TPSA) is 66.4 Å². The number of aliphatic carboxylic acids is 1. The summed E-state index contributed by atoms with van der Waals surface area (Å²) in [6.07, 6.45) is 0. The van der Waals surface area contributed by atoms with Crippen LogP contribution in [0.25, 0.3) is 0 Å². The molecule has 0 heterocycles. The first-order valence-electron chi connectivity index (χ1n) is 3.11. The van der Waals surface area contributed by atoms with Crippen molar-refractivity contribution < 1.29 is 45.6 Å². The van der Waals surface area contributed by atoms with E-state index >= 15 is 0 Å². The van der Waals surface area contributed by atoms with Gasteiger partial charge in [-0.15, -0.1) is 0 Å². The summed E-state index contributed by atoms with van der Waals surface area (Å²) < 4.78 is 5.70. The Hall–Kier alpha value is -0.125. The van der Waals surface area contributed by atoms with Crippen LogP contribution in [0.1, 0.15) is 13.8 Å². The molecule has 0 rings (SSSR count). The van der Waals surface area contributed by atoms with E-state index in [2.05, 4.69) is 4.74 Å². The van der Waals surface area contributed by atoms with Crippen LogP contribution in [0.5, 0.6) is 0 Å². The van der Waals surface area contributed by atoms with E-state index in [1.165, 1.54) is 6.92 Å². The first-order chi connectivity index (χ1) is 5.00. The van der Waals surface area contributed by atoms with Crippen LogP contribution in [-0.2, 0) is 40.4 Å². The van der Waals surface area contributed by atoms with Gasteiger partial charge in [-0.25, -0.2) is 0 Å². The van der Waals surface area contributed by atoms with Gasteiger partial charge in [-0.3, -0.25) is 0 Å². The van der Waals surface area contributed by atoms with Crippen molar-refractivity contribution in [3.05, 3.63) is 0 Å². The van der Waals surface area contributed by atoms with Crippen LogP contribution < -0.4 is 5.11 Å². The van der Waals surface area contributed by atoms with E-state index < -0.39 is 5.97 Å². The second-order valence-electron chi connectivity index (χ2n) is 1.69. The van der Waals surface area contributed by atoms with Gasteiger partial charge in [0, 0.05) is 5.97 Å². The molecule has 0 fully saturated rings. The van der Waals surface area contributed by atoms with Crippen molar-refractivity contribution in [2.24, 2.45) is 0 Å². The fourth-order valence-corrected chi connectivity index (χ4v) is 0.777. The van der Waals surface area contributed by atoms with Crippen LogP contribution in [-0.4, -0.2) is 18.5 Å². The Balaban J connectivity index is 0. The number of esters is 1. The van der Waals surface area contributed by atoms with E-state index in [9.17, 15) is 4.79 Å². The van der Waals surface area contributed by atoms with E-state index in [-0.39, 0.29) is 5.97 Å². The third kappa shape index (κ3) is 40.8. The number of rotatable bonds is 2. The zero-order chi connectivity index (χ0) is 9.28. The molecule has 5 heteroatoms. The van der Waals surface area contributed by atoms with Crippen molar-refractivity contribution >= 4 is 11.9 Å². The van der Waals surface area contributed by atoms with E-state index in [1.54, 1.807) is 0 Å². The predicted octanol–water partition coefficient (Wildman–Crippen LogP) is -0.729. The molecule has 0 aromatic carbocycles. The summed E-state index contributed by atoms with van der Waals surface area (Å²) >= 11 is 0.780. The monoisotopic (exact) mass is 348 g/mol. The average Bonchev–Trinajstić information content (AvgIpc) is 1.82. The second kappa shape index (κ2) is 9.88.